The maximum Gasteiger partial charge on any atom is 0.351 e. The van der Waals surface area contributed by atoms with Gasteiger partial charge >= 0.3 is 5.97 Å². The molecule has 1 aliphatic heterocycles. The molecule has 1 aliphatic rings. The summed E-state index contributed by atoms with van der Waals surface area (Å²) < 4.78 is 31.6. The average Bonchev–Trinajstić information content (AvgIpc) is 2.42. The Morgan fingerprint density at radius 2 is 2.18 bits per heavy atom. The largest absolute Gasteiger partial charge is 0.462 e. The third kappa shape index (κ3) is 3.06. The smallest absolute Gasteiger partial charge is 0.351 e. The van der Waals surface area contributed by atoms with Gasteiger partial charge in [-0.05, 0) is 31.5 Å². The van der Waals surface area contributed by atoms with Crippen molar-refractivity contribution in [3.63, 3.8) is 0 Å². The van der Waals surface area contributed by atoms with Crippen molar-refractivity contribution in [3.05, 3.63) is 33.3 Å². The van der Waals surface area contributed by atoms with Crippen molar-refractivity contribution < 1.29 is 17.9 Å². The normalized spacial score (nSPS) is 17.7. The van der Waals surface area contributed by atoms with Crippen LogP contribution in [0.2, 0.25) is 5.02 Å². The third-order valence-electron chi connectivity index (χ3n) is 2.77. The van der Waals surface area contributed by atoms with E-state index in [1.54, 1.807) is 19.9 Å². The SMILES string of the molecule is CCOC(=O)C(C#N)=C1NS(=O)(=O)c2cc(C)c(Cl)cc2S1. The third-order valence-corrected chi connectivity index (χ3v) is 5.90. The lowest BCUT2D eigenvalue weighted by molar-refractivity contribution is -0.138. The van der Waals surface area contributed by atoms with E-state index in [9.17, 15) is 13.2 Å². The lowest BCUT2D eigenvalue weighted by atomic mass is 10.2. The minimum absolute atomic E-state index is 0.0595. The predicted octanol–water partition coefficient (Wildman–Crippen LogP) is 2.33. The van der Waals surface area contributed by atoms with E-state index in [1.165, 1.54) is 12.1 Å². The summed E-state index contributed by atoms with van der Waals surface area (Å²) in [5, 5.41) is 9.42. The highest BCUT2D eigenvalue weighted by Gasteiger charge is 2.31. The average molecular weight is 359 g/mol. The lowest BCUT2D eigenvalue weighted by Crippen LogP contribution is -2.28. The first-order chi connectivity index (χ1) is 10.3. The maximum absolute atomic E-state index is 12.3. The highest BCUT2D eigenvalue weighted by molar-refractivity contribution is 8.05. The van der Waals surface area contributed by atoms with Crippen molar-refractivity contribution in [3.8, 4) is 6.07 Å². The Morgan fingerprint density at radius 1 is 1.50 bits per heavy atom. The predicted molar refractivity (Wildman–Crippen MR) is 81.6 cm³/mol. The minimum Gasteiger partial charge on any atom is -0.462 e. The van der Waals surface area contributed by atoms with E-state index in [4.69, 9.17) is 21.6 Å². The molecule has 0 bridgehead atoms. The Labute approximate surface area is 137 Å². The van der Waals surface area contributed by atoms with Crippen molar-refractivity contribution in [2.24, 2.45) is 0 Å². The van der Waals surface area contributed by atoms with Gasteiger partial charge in [0.1, 0.15) is 16.0 Å². The summed E-state index contributed by atoms with van der Waals surface area (Å²) in [5.41, 5.74) is 0.225. The molecule has 2 rings (SSSR count). The number of nitrogens with one attached hydrogen (secondary N) is 1. The number of carbonyl (C=O) groups is 1. The van der Waals surface area contributed by atoms with Gasteiger partial charge in [-0.2, -0.15) is 5.26 Å². The summed E-state index contributed by atoms with van der Waals surface area (Å²) in [5.74, 6) is -0.878. The number of thioether (sulfide) groups is 1. The van der Waals surface area contributed by atoms with E-state index in [1.807, 2.05) is 0 Å². The number of nitrogens with zero attached hydrogens (tertiary/aromatic N) is 1. The molecule has 0 unspecified atom stereocenters. The Kier molecular flexibility index (Phi) is 4.70. The quantitative estimate of drug-likeness (QED) is 0.495. The van der Waals surface area contributed by atoms with Crippen molar-refractivity contribution in [1.29, 1.82) is 5.26 Å². The molecule has 1 heterocycles. The highest BCUT2D eigenvalue weighted by Crippen LogP contribution is 2.40. The molecule has 0 fully saturated rings. The molecule has 1 aromatic carbocycles. The van der Waals surface area contributed by atoms with Crippen molar-refractivity contribution in [2.45, 2.75) is 23.6 Å². The van der Waals surface area contributed by atoms with E-state index in [0.717, 1.165) is 11.8 Å². The second kappa shape index (κ2) is 6.20. The minimum atomic E-state index is -3.88. The second-order valence-corrected chi connectivity index (χ2v) is 7.40. The van der Waals surface area contributed by atoms with Gasteiger partial charge in [-0.3, -0.25) is 4.72 Å². The van der Waals surface area contributed by atoms with Crippen molar-refractivity contribution >= 4 is 39.4 Å². The number of fused-ring (bicyclic) bond motifs is 1. The highest BCUT2D eigenvalue weighted by atomic mass is 35.5. The topological polar surface area (TPSA) is 96.3 Å². The van der Waals surface area contributed by atoms with Gasteiger partial charge in [0.15, 0.2) is 5.57 Å². The first-order valence-corrected chi connectivity index (χ1v) is 8.80. The van der Waals surface area contributed by atoms with Crippen LogP contribution in [0.5, 0.6) is 0 Å². The molecular weight excluding hydrogens is 348 g/mol. The summed E-state index contributed by atoms with van der Waals surface area (Å²) in [6.07, 6.45) is 0. The number of rotatable bonds is 2. The van der Waals surface area contributed by atoms with Crippen LogP contribution < -0.4 is 4.72 Å². The molecule has 0 saturated heterocycles. The van der Waals surface area contributed by atoms with Crippen LogP contribution in [0.3, 0.4) is 0 Å². The maximum atomic E-state index is 12.3. The van der Waals surface area contributed by atoms with E-state index in [-0.39, 0.29) is 16.5 Å². The first-order valence-electron chi connectivity index (χ1n) is 6.12. The summed E-state index contributed by atoms with van der Waals surface area (Å²) in [4.78, 5) is 12.1. The monoisotopic (exact) mass is 358 g/mol. The number of ether oxygens (including phenoxy) is 1. The van der Waals surface area contributed by atoms with Crippen LogP contribution in [0.1, 0.15) is 12.5 Å². The van der Waals surface area contributed by atoms with E-state index in [0.29, 0.717) is 15.5 Å². The second-order valence-electron chi connectivity index (χ2n) is 4.29. The molecule has 0 spiro atoms. The van der Waals surface area contributed by atoms with E-state index >= 15 is 0 Å². The van der Waals surface area contributed by atoms with Crippen LogP contribution >= 0.6 is 23.4 Å². The molecule has 0 aliphatic carbocycles. The number of aryl methyl sites for hydroxylation is 1. The molecule has 116 valence electrons. The van der Waals surface area contributed by atoms with Gasteiger partial charge in [-0.25, -0.2) is 13.2 Å². The van der Waals surface area contributed by atoms with Crippen LogP contribution in [0.4, 0.5) is 0 Å². The Balaban J connectivity index is 2.60. The van der Waals surface area contributed by atoms with Gasteiger partial charge in [0.25, 0.3) is 10.0 Å². The molecule has 0 atom stereocenters. The van der Waals surface area contributed by atoms with Gasteiger partial charge in [0, 0.05) is 9.92 Å². The Hall–Kier alpha value is -1.69. The number of nitriles is 1. The Morgan fingerprint density at radius 3 is 2.77 bits per heavy atom. The zero-order chi connectivity index (χ0) is 16.5. The lowest BCUT2D eigenvalue weighted by Gasteiger charge is -2.21. The van der Waals surface area contributed by atoms with Gasteiger partial charge in [0.2, 0.25) is 0 Å². The molecule has 22 heavy (non-hydrogen) atoms. The molecule has 0 aromatic heterocycles. The number of halogens is 1. The first kappa shape index (κ1) is 16.7. The molecule has 9 heteroatoms. The zero-order valence-corrected chi connectivity index (χ0v) is 14.0. The molecular formula is C13H11ClN2O4S2. The molecule has 0 saturated carbocycles. The van der Waals surface area contributed by atoms with Crippen LogP contribution in [0.15, 0.2) is 32.5 Å². The summed E-state index contributed by atoms with van der Waals surface area (Å²) in [7, 11) is -3.88. The molecule has 0 radical (unpaired) electrons. The number of carbonyl (C=O) groups excluding carboxylic acids is 1. The van der Waals surface area contributed by atoms with Crippen molar-refractivity contribution in [2.75, 3.05) is 6.61 Å². The van der Waals surface area contributed by atoms with Crippen LogP contribution in [0.25, 0.3) is 0 Å². The molecule has 1 N–H and O–H groups in total. The number of sulfonamides is 1. The van der Waals surface area contributed by atoms with Gasteiger partial charge in [0.05, 0.1) is 6.61 Å². The number of benzene rings is 1. The van der Waals surface area contributed by atoms with Crippen LogP contribution in [0, 0.1) is 18.3 Å². The summed E-state index contributed by atoms with van der Waals surface area (Å²) in [6, 6.07) is 4.62. The summed E-state index contributed by atoms with van der Waals surface area (Å²) >= 11 is 6.96. The van der Waals surface area contributed by atoms with Gasteiger partial charge in [-0.15, -0.1) is 0 Å². The van der Waals surface area contributed by atoms with Crippen LogP contribution in [-0.2, 0) is 19.6 Å². The fraction of sp³-hybridized carbons (Fsp3) is 0.231. The molecule has 1 aromatic rings. The zero-order valence-electron chi connectivity index (χ0n) is 11.6. The van der Waals surface area contributed by atoms with Crippen molar-refractivity contribution in [1.82, 2.24) is 4.72 Å². The Bertz CT molecular complexity index is 825. The van der Waals surface area contributed by atoms with Gasteiger partial charge < -0.3 is 4.74 Å². The molecule has 0 amide bonds. The molecule has 6 nitrogen and oxygen atoms in total. The standard InChI is InChI=1S/C13H11ClN2O4S2/c1-3-20-13(17)8(6-15)12-16-22(18,19)11-4-7(2)9(14)5-10(11)21-12/h4-5,16H,3H2,1-2H3. The van der Waals surface area contributed by atoms with Gasteiger partial charge in [-0.1, -0.05) is 23.4 Å². The van der Waals surface area contributed by atoms with E-state index < -0.39 is 21.6 Å². The number of hydrogen-bond acceptors (Lipinski definition) is 6. The fourth-order valence-electron chi connectivity index (χ4n) is 1.73. The summed E-state index contributed by atoms with van der Waals surface area (Å²) in [6.45, 7) is 3.36. The fourth-order valence-corrected chi connectivity index (χ4v) is 4.81. The van der Waals surface area contributed by atoms with Crippen LogP contribution in [-0.4, -0.2) is 21.0 Å². The van der Waals surface area contributed by atoms with E-state index in [2.05, 4.69) is 4.72 Å². The number of hydrogen-bond donors (Lipinski definition) is 1. The number of esters is 1.